The Morgan fingerprint density at radius 2 is 1.81 bits per heavy atom. The topological polar surface area (TPSA) is 108 Å². The van der Waals surface area contributed by atoms with Crippen LogP contribution in [0.15, 0.2) is 66.7 Å². The van der Waals surface area contributed by atoms with Gasteiger partial charge in [0.2, 0.25) is 5.91 Å². The Morgan fingerprint density at radius 3 is 2.53 bits per heavy atom. The number of carbonyl (C=O) groups excluding carboxylic acids is 2. The third-order valence-electron chi connectivity index (χ3n) is 7.48. The molecule has 2 aromatic carbocycles. The van der Waals surface area contributed by atoms with Gasteiger partial charge in [-0.2, -0.15) is 5.26 Å². The fraction of sp³-hybridized carbons (Fsp3) is 0.286. The summed E-state index contributed by atoms with van der Waals surface area (Å²) in [7, 11) is -3.43. The summed E-state index contributed by atoms with van der Waals surface area (Å²) in [5, 5.41) is 8.70. The van der Waals surface area contributed by atoms with E-state index in [2.05, 4.69) is 11.1 Å². The number of Topliss-reactive ketones (excluding diaryl/α,β-unsaturated/α-hetero) is 1. The predicted octanol–water partition coefficient (Wildman–Crippen LogP) is 3.69. The van der Waals surface area contributed by atoms with Crippen LogP contribution in [0.5, 0.6) is 0 Å². The molecule has 7 nitrogen and oxygen atoms in total. The number of ketones is 1. The van der Waals surface area contributed by atoms with Gasteiger partial charge in [0, 0.05) is 11.6 Å². The van der Waals surface area contributed by atoms with Crippen molar-refractivity contribution in [3.63, 3.8) is 0 Å². The van der Waals surface area contributed by atoms with E-state index in [1.807, 2.05) is 36.4 Å². The number of carbonyl (C=O) groups is 2. The molecule has 3 aliphatic rings. The number of hydrogen-bond donors (Lipinski definition) is 0. The van der Waals surface area contributed by atoms with E-state index in [4.69, 9.17) is 5.26 Å². The first-order valence-corrected chi connectivity index (χ1v) is 13.7. The second-order valence-corrected chi connectivity index (χ2v) is 12.1. The summed E-state index contributed by atoms with van der Waals surface area (Å²) < 4.78 is 24.5. The summed E-state index contributed by atoms with van der Waals surface area (Å²) in [4.78, 5) is 32.7. The quantitative estimate of drug-likeness (QED) is 0.461. The Morgan fingerprint density at radius 1 is 1.06 bits per heavy atom. The molecular weight excluding hydrogens is 474 g/mol. The third-order valence-corrected chi connectivity index (χ3v) is 9.63. The van der Waals surface area contributed by atoms with Crippen LogP contribution in [0.2, 0.25) is 0 Å². The van der Waals surface area contributed by atoms with Gasteiger partial charge in [0.1, 0.15) is 11.4 Å². The van der Waals surface area contributed by atoms with Crippen LogP contribution in [0.25, 0.3) is 0 Å². The number of pyridine rings is 1. The molecular formula is C28H23N3O4S. The molecule has 0 N–H and O–H groups in total. The fourth-order valence-corrected chi connectivity index (χ4v) is 6.99. The maximum absolute atomic E-state index is 13.8. The van der Waals surface area contributed by atoms with E-state index in [0.29, 0.717) is 30.5 Å². The van der Waals surface area contributed by atoms with Gasteiger partial charge in [0.15, 0.2) is 15.6 Å². The number of sulfone groups is 1. The highest BCUT2D eigenvalue weighted by atomic mass is 32.2. The van der Waals surface area contributed by atoms with Gasteiger partial charge < -0.3 is 4.90 Å². The summed E-state index contributed by atoms with van der Waals surface area (Å²) in [5.74, 6) is -1.03. The molecule has 2 heterocycles. The Bertz CT molecular complexity index is 1550. The second kappa shape index (κ2) is 8.10. The second-order valence-electron chi connectivity index (χ2n) is 9.81. The number of anilines is 1. The molecule has 1 amide bonds. The maximum Gasteiger partial charge on any atom is 0.238 e. The average molecular weight is 498 g/mol. The normalized spacial score (nSPS) is 22.4. The van der Waals surface area contributed by atoms with Crippen LogP contribution in [-0.4, -0.2) is 36.1 Å². The van der Waals surface area contributed by atoms with E-state index < -0.39 is 32.0 Å². The van der Waals surface area contributed by atoms with Crippen molar-refractivity contribution in [2.45, 2.75) is 42.4 Å². The van der Waals surface area contributed by atoms with E-state index in [-0.39, 0.29) is 24.1 Å². The standard InChI is InChI=1S/C28H23N3O4S/c29-15-18-8-10-19(11-9-18)23-14-28(23)22-5-1-2-7-25(22)31(27(28)33)16-20-4-3-6-24(30-20)26(32)17-36(34,35)21-12-13-21/h1-11,21,23H,12-14,16-17H2/t23-,28-/m0/s1. The van der Waals surface area contributed by atoms with Crippen molar-refractivity contribution in [3.05, 3.63) is 94.8 Å². The molecule has 3 aromatic rings. The lowest BCUT2D eigenvalue weighted by Gasteiger charge is -2.18. The van der Waals surface area contributed by atoms with Gasteiger partial charge in [-0.1, -0.05) is 36.4 Å². The molecule has 36 heavy (non-hydrogen) atoms. The minimum Gasteiger partial charge on any atom is -0.305 e. The smallest absolute Gasteiger partial charge is 0.238 e. The molecule has 0 unspecified atom stereocenters. The first-order chi connectivity index (χ1) is 17.3. The van der Waals surface area contributed by atoms with E-state index in [1.165, 1.54) is 6.07 Å². The number of hydrogen-bond acceptors (Lipinski definition) is 6. The SMILES string of the molecule is N#Cc1ccc([C@@H]2C[C@@]23C(=O)N(Cc2cccc(C(=O)CS(=O)(=O)C4CC4)n2)c2ccccc23)cc1. The zero-order chi connectivity index (χ0) is 25.1. The summed E-state index contributed by atoms with van der Waals surface area (Å²) >= 11 is 0. The molecule has 6 rings (SSSR count). The molecule has 1 aliphatic heterocycles. The van der Waals surface area contributed by atoms with Crippen molar-refractivity contribution in [2.24, 2.45) is 0 Å². The number of amides is 1. The molecule has 180 valence electrons. The summed E-state index contributed by atoms with van der Waals surface area (Å²) in [6.45, 7) is 0.189. The zero-order valence-electron chi connectivity index (χ0n) is 19.4. The number of para-hydroxylation sites is 1. The zero-order valence-corrected chi connectivity index (χ0v) is 20.2. The fourth-order valence-electron chi connectivity index (χ4n) is 5.38. The predicted molar refractivity (Wildman–Crippen MR) is 133 cm³/mol. The van der Waals surface area contributed by atoms with Crippen LogP contribution in [0, 0.1) is 11.3 Å². The number of aromatic nitrogens is 1. The van der Waals surface area contributed by atoms with E-state index >= 15 is 0 Å². The highest BCUT2D eigenvalue weighted by Crippen LogP contribution is 2.66. The molecule has 1 spiro atoms. The summed E-state index contributed by atoms with van der Waals surface area (Å²) in [6.07, 6.45) is 1.92. The summed E-state index contributed by atoms with van der Waals surface area (Å²) in [5.41, 5.74) is 3.41. The first kappa shape index (κ1) is 22.6. The highest BCUT2D eigenvalue weighted by molar-refractivity contribution is 7.93. The first-order valence-electron chi connectivity index (χ1n) is 12.0. The van der Waals surface area contributed by atoms with E-state index in [9.17, 15) is 18.0 Å². The Balaban J connectivity index is 1.27. The molecule has 2 atom stereocenters. The molecule has 2 aliphatic carbocycles. The van der Waals surface area contributed by atoms with Crippen molar-refractivity contribution in [2.75, 3.05) is 10.7 Å². The van der Waals surface area contributed by atoms with Gasteiger partial charge in [0.05, 0.1) is 34.5 Å². The number of fused-ring (bicyclic) bond motifs is 2. The maximum atomic E-state index is 13.8. The van der Waals surface area contributed by atoms with Crippen molar-refractivity contribution >= 4 is 27.2 Å². The monoisotopic (exact) mass is 497 g/mol. The minimum absolute atomic E-state index is 0.00657. The van der Waals surface area contributed by atoms with E-state index in [1.54, 1.807) is 29.2 Å². The molecule has 1 aromatic heterocycles. The molecule has 8 heteroatoms. The lowest BCUT2D eigenvalue weighted by molar-refractivity contribution is -0.120. The number of nitriles is 1. The van der Waals surface area contributed by atoms with Crippen molar-refractivity contribution in [1.82, 2.24) is 4.98 Å². The van der Waals surface area contributed by atoms with Crippen LogP contribution < -0.4 is 4.90 Å². The van der Waals surface area contributed by atoms with Gasteiger partial charge in [-0.3, -0.25) is 9.59 Å². The molecule has 2 saturated carbocycles. The van der Waals surface area contributed by atoms with Crippen molar-refractivity contribution in [3.8, 4) is 6.07 Å². The molecule has 0 radical (unpaired) electrons. The molecule has 0 saturated heterocycles. The van der Waals surface area contributed by atoms with Crippen molar-refractivity contribution in [1.29, 1.82) is 5.26 Å². The number of benzene rings is 2. The van der Waals surface area contributed by atoms with Crippen LogP contribution in [0.3, 0.4) is 0 Å². The van der Waals surface area contributed by atoms with E-state index in [0.717, 1.165) is 16.8 Å². The Labute approximate surface area is 209 Å². The Kier molecular flexibility index (Phi) is 5.09. The van der Waals surface area contributed by atoms with Gasteiger partial charge in [-0.05, 0) is 60.7 Å². The minimum atomic E-state index is -3.43. The van der Waals surface area contributed by atoms with Crippen LogP contribution in [0.1, 0.15) is 58.1 Å². The van der Waals surface area contributed by atoms with Gasteiger partial charge in [0.25, 0.3) is 0 Å². The lowest BCUT2D eigenvalue weighted by Crippen LogP contribution is -2.33. The van der Waals surface area contributed by atoms with Crippen molar-refractivity contribution < 1.29 is 18.0 Å². The van der Waals surface area contributed by atoms with Gasteiger partial charge >= 0.3 is 0 Å². The molecule has 0 bridgehead atoms. The largest absolute Gasteiger partial charge is 0.305 e. The van der Waals surface area contributed by atoms with Crippen LogP contribution >= 0.6 is 0 Å². The summed E-state index contributed by atoms with van der Waals surface area (Å²) in [6, 6.07) is 22.2. The van der Waals surface area contributed by atoms with Crippen LogP contribution in [-0.2, 0) is 26.6 Å². The highest BCUT2D eigenvalue weighted by Gasteiger charge is 2.67. The lowest BCUT2D eigenvalue weighted by atomic mass is 9.92. The Hall–Kier alpha value is -3.83. The number of nitrogens with zero attached hydrogens (tertiary/aromatic N) is 3. The van der Waals surface area contributed by atoms with Crippen LogP contribution in [0.4, 0.5) is 5.69 Å². The van der Waals surface area contributed by atoms with Gasteiger partial charge in [-0.25, -0.2) is 13.4 Å². The number of rotatable bonds is 7. The average Bonchev–Trinajstić information content (AvgIpc) is 3.80. The third kappa shape index (κ3) is 3.62. The molecule has 2 fully saturated rings. The van der Waals surface area contributed by atoms with Gasteiger partial charge in [-0.15, -0.1) is 0 Å².